The normalized spacial score (nSPS) is 12.2. The van der Waals surface area contributed by atoms with E-state index in [4.69, 9.17) is 11.6 Å². The van der Waals surface area contributed by atoms with Crippen molar-refractivity contribution in [3.63, 3.8) is 0 Å². The number of halogens is 1. The van der Waals surface area contributed by atoms with Crippen LogP contribution in [0.3, 0.4) is 0 Å². The van der Waals surface area contributed by atoms with Crippen molar-refractivity contribution in [2.75, 3.05) is 13.1 Å². The fourth-order valence-corrected chi connectivity index (χ4v) is 1.17. The van der Waals surface area contributed by atoms with Gasteiger partial charge in [-0.15, -0.1) is 0 Å². The van der Waals surface area contributed by atoms with E-state index < -0.39 is 0 Å². The second kappa shape index (κ2) is 8.74. The molecule has 1 amide bonds. The number of nitrogens with one attached hydrogen (secondary N) is 2. The second-order valence-corrected chi connectivity index (χ2v) is 4.15. The molecule has 0 aliphatic carbocycles. The molecule has 15 heavy (non-hydrogen) atoms. The summed E-state index contributed by atoms with van der Waals surface area (Å²) in [5.41, 5.74) is 0. The Morgan fingerprint density at radius 2 is 2.13 bits per heavy atom. The van der Waals surface area contributed by atoms with Crippen LogP contribution in [-0.2, 0) is 4.79 Å². The Balaban J connectivity index is 3.55. The Labute approximate surface area is 97.3 Å². The van der Waals surface area contributed by atoms with Gasteiger partial charge in [-0.1, -0.05) is 37.9 Å². The minimum atomic E-state index is -0.220. The van der Waals surface area contributed by atoms with Crippen LogP contribution >= 0.6 is 11.6 Å². The summed E-state index contributed by atoms with van der Waals surface area (Å²) in [6.07, 6.45) is 3.35. The van der Waals surface area contributed by atoms with E-state index >= 15 is 0 Å². The van der Waals surface area contributed by atoms with Crippen molar-refractivity contribution in [2.24, 2.45) is 0 Å². The Bertz CT molecular complexity index is 207. The zero-order valence-electron chi connectivity index (χ0n) is 9.61. The molecule has 4 heteroatoms. The quantitative estimate of drug-likeness (QED) is 0.629. The molecule has 0 aliphatic rings. The van der Waals surface area contributed by atoms with Crippen molar-refractivity contribution < 1.29 is 4.79 Å². The average Bonchev–Trinajstić information content (AvgIpc) is 2.20. The van der Waals surface area contributed by atoms with Crippen molar-refractivity contribution in [2.45, 2.75) is 39.2 Å². The van der Waals surface area contributed by atoms with Gasteiger partial charge in [0.25, 0.3) is 0 Å². The number of hydrogen-bond acceptors (Lipinski definition) is 2. The molecule has 0 aromatic heterocycles. The maximum atomic E-state index is 11.5. The highest BCUT2D eigenvalue weighted by molar-refractivity contribution is 6.29. The summed E-state index contributed by atoms with van der Waals surface area (Å²) in [7, 11) is 0. The van der Waals surface area contributed by atoms with Gasteiger partial charge in [-0.3, -0.25) is 4.79 Å². The fourth-order valence-electron chi connectivity index (χ4n) is 1.10. The fraction of sp³-hybridized carbons (Fsp3) is 0.727. The molecule has 0 radical (unpaired) electrons. The van der Waals surface area contributed by atoms with E-state index in [1.54, 1.807) is 0 Å². The van der Waals surface area contributed by atoms with Gasteiger partial charge in [0.2, 0.25) is 5.91 Å². The van der Waals surface area contributed by atoms with Crippen molar-refractivity contribution >= 4 is 17.5 Å². The van der Waals surface area contributed by atoms with Crippen LogP contribution in [0.5, 0.6) is 0 Å². The molecule has 0 spiro atoms. The topological polar surface area (TPSA) is 41.1 Å². The number of carbonyl (C=O) groups is 1. The molecule has 0 saturated heterocycles. The Hall–Kier alpha value is -0.540. The highest BCUT2D eigenvalue weighted by Gasteiger charge is 2.10. The van der Waals surface area contributed by atoms with Crippen LogP contribution in [0.2, 0.25) is 0 Å². The first-order valence-electron chi connectivity index (χ1n) is 5.42. The first-order valence-corrected chi connectivity index (χ1v) is 5.80. The minimum absolute atomic E-state index is 0.0176. The Morgan fingerprint density at radius 1 is 1.47 bits per heavy atom. The molecule has 0 aliphatic heterocycles. The molecular weight excluding hydrogens is 212 g/mol. The molecule has 0 fully saturated rings. The van der Waals surface area contributed by atoms with Crippen LogP contribution in [0.4, 0.5) is 0 Å². The zero-order chi connectivity index (χ0) is 11.7. The highest BCUT2D eigenvalue weighted by atomic mass is 35.5. The maximum Gasteiger partial charge on any atom is 0.236 e. The molecule has 1 unspecified atom stereocenters. The first kappa shape index (κ1) is 14.5. The molecule has 88 valence electrons. The summed E-state index contributed by atoms with van der Waals surface area (Å²) in [5.74, 6) is 0.0176. The van der Waals surface area contributed by atoms with E-state index in [0.29, 0.717) is 11.6 Å². The van der Waals surface area contributed by atoms with E-state index in [2.05, 4.69) is 24.1 Å². The largest absolute Gasteiger partial charge is 0.355 e. The van der Waals surface area contributed by atoms with E-state index in [0.717, 1.165) is 25.8 Å². The number of amides is 1. The van der Waals surface area contributed by atoms with Crippen LogP contribution in [0.15, 0.2) is 11.6 Å². The summed E-state index contributed by atoms with van der Waals surface area (Å²) in [5, 5.41) is 6.36. The molecule has 0 aromatic rings. The number of unbranched alkanes of at least 4 members (excludes halogenated alkanes) is 2. The number of hydrogen-bond donors (Lipinski definition) is 2. The maximum absolute atomic E-state index is 11.5. The van der Waals surface area contributed by atoms with E-state index in [1.807, 2.05) is 6.92 Å². The molecule has 0 saturated carbocycles. The molecule has 0 aromatic carbocycles. The average molecular weight is 233 g/mol. The van der Waals surface area contributed by atoms with Gasteiger partial charge in [0, 0.05) is 18.1 Å². The predicted octanol–water partition coefficient (Wildman–Crippen LogP) is 2.02. The van der Waals surface area contributed by atoms with Gasteiger partial charge < -0.3 is 10.6 Å². The molecule has 0 bridgehead atoms. The van der Waals surface area contributed by atoms with E-state index in [9.17, 15) is 4.79 Å². The summed E-state index contributed by atoms with van der Waals surface area (Å²) in [6.45, 7) is 8.71. The lowest BCUT2D eigenvalue weighted by Gasteiger charge is -2.13. The summed E-state index contributed by atoms with van der Waals surface area (Å²) in [4.78, 5) is 11.5. The van der Waals surface area contributed by atoms with Gasteiger partial charge in [0.05, 0.1) is 6.04 Å². The van der Waals surface area contributed by atoms with Gasteiger partial charge in [-0.2, -0.15) is 0 Å². The summed E-state index contributed by atoms with van der Waals surface area (Å²) in [6, 6.07) is -0.220. The third-order valence-corrected chi connectivity index (χ3v) is 2.21. The predicted molar refractivity (Wildman–Crippen MR) is 65.0 cm³/mol. The van der Waals surface area contributed by atoms with Gasteiger partial charge in [0.1, 0.15) is 0 Å². The lowest BCUT2D eigenvalue weighted by Crippen LogP contribution is -2.42. The number of carbonyl (C=O) groups excluding carboxylic acids is 1. The van der Waals surface area contributed by atoms with Gasteiger partial charge in [0.15, 0.2) is 0 Å². The second-order valence-electron chi connectivity index (χ2n) is 3.62. The lowest BCUT2D eigenvalue weighted by atomic mass is 10.2. The molecule has 2 N–H and O–H groups in total. The van der Waals surface area contributed by atoms with Crippen molar-refractivity contribution in [1.29, 1.82) is 0 Å². The smallest absolute Gasteiger partial charge is 0.236 e. The monoisotopic (exact) mass is 232 g/mol. The van der Waals surface area contributed by atoms with Gasteiger partial charge in [-0.25, -0.2) is 0 Å². The zero-order valence-corrected chi connectivity index (χ0v) is 10.4. The third kappa shape index (κ3) is 8.45. The highest BCUT2D eigenvalue weighted by Crippen LogP contribution is 1.95. The molecule has 0 rings (SSSR count). The molecular formula is C11H21ClN2O. The van der Waals surface area contributed by atoms with Crippen LogP contribution in [0.25, 0.3) is 0 Å². The first-order chi connectivity index (χ1) is 7.07. The van der Waals surface area contributed by atoms with Gasteiger partial charge >= 0.3 is 0 Å². The number of rotatable bonds is 8. The SMILES string of the molecule is C=C(Cl)CNC(C)C(=O)NCCCCC. The Morgan fingerprint density at radius 3 is 2.67 bits per heavy atom. The Kier molecular flexibility index (Phi) is 8.43. The molecule has 0 heterocycles. The van der Waals surface area contributed by atoms with Crippen LogP contribution in [-0.4, -0.2) is 25.0 Å². The van der Waals surface area contributed by atoms with Crippen molar-refractivity contribution in [3.8, 4) is 0 Å². The lowest BCUT2D eigenvalue weighted by molar-refractivity contribution is -0.122. The van der Waals surface area contributed by atoms with Crippen LogP contribution < -0.4 is 10.6 Å². The minimum Gasteiger partial charge on any atom is -0.355 e. The van der Waals surface area contributed by atoms with Gasteiger partial charge in [-0.05, 0) is 13.3 Å². The summed E-state index contributed by atoms with van der Waals surface area (Å²) < 4.78 is 0. The standard InChI is InChI=1S/C11H21ClN2O/c1-4-5-6-7-13-11(15)10(3)14-8-9(2)12/h10,14H,2,4-8H2,1,3H3,(H,13,15). The van der Waals surface area contributed by atoms with E-state index in [-0.39, 0.29) is 11.9 Å². The van der Waals surface area contributed by atoms with Crippen LogP contribution in [0.1, 0.15) is 33.1 Å². The molecule has 1 atom stereocenters. The van der Waals surface area contributed by atoms with E-state index in [1.165, 1.54) is 0 Å². The third-order valence-electron chi connectivity index (χ3n) is 2.07. The van der Waals surface area contributed by atoms with Crippen LogP contribution in [0, 0.1) is 0 Å². The molecule has 3 nitrogen and oxygen atoms in total. The van der Waals surface area contributed by atoms with Crippen molar-refractivity contribution in [1.82, 2.24) is 10.6 Å². The summed E-state index contributed by atoms with van der Waals surface area (Å²) >= 11 is 5.58. The van der Waals surface area contributed by atoms with Crippen molar-refractivity contribution in [3.05, 3.63) is 11.6 Å².